The molecule has 0 aromatic heterocycles. The number of amides is 1. The van der Waals surface area contributed by atoms with E-state index >= 15 is 0 Å². The SMILES string of the molecule is C=C(C)C(N)=O.O=CO. The van der Waals surface area contributed by atoms with E-state index in [0.717, 1.165) is 0 Å². The summed E-state index contributed by atoms with van der Waals surface area (Å²) in [5.41, 5.74) is 5.09. The van der Waals surface area contributed by atoms with Crippen LogP contribution in [0.1, 0.15) is 6.92 Å². The van der Waals surface area contributed by atoms with Crippen molar-refractivity contribution in [1.82, 2.24) is 0 Å². The van der Waals surface area contributed by atoms with Crippen molar-refractivity contribution in [1.29, 1.82) is 0 Å². The first kappa shape index (κ1) is 10.6. The zero-order chi connectivity index (χ0) is 7.86. The van der Waals surface area contributed by atoms with E-state index in [0.29, 0.717) is 5.57 Å². The van der Waals surface area contributed by atoms with Crippen LogP contribution in [-0.4, -0.2) is 17.5 Å². The van der Waals surface area contributed by atoms with Gasteiger partial charge < -0.3 is 10.8 Å². The third-order valence-corrected chi connectivity index (χ3v) is 0.421. The summed E-state index contributed by atoms with van der Waals surface area (Å²) in [6.07, 6.45) is 0. The summed E-state index contributed by atoms with van der Waals surface area (Å²) in [7, 11) is 0. The van der Waals surface area contributed by atoms with Gasteiger partial charge in [0.1, 0.15) is 0 Å². The number of carbonyl (C=O) groups excluding carboxylic acids is 1. The average molecular weight is 131 g/mol. The number of hydrogen-bond donors (Lipinski definition) is 2. The number of hydrogen-bond acceptors (Lipinski definition) is 2. The fraction of sp³-hybridized carbons (Fsp3) is 0.200. The van der Waals surface area contributed by atoms with Crippen LogP contribution in [0.2, 0.25) is 0 Å². The highest BCUT2D eigenvalue weighted by atomic mass is 16.3. The van der Waals surface area contributed by atoms with Crippen LogP contribution in [0, 0.1) is 0 Å². The Morgan fingerprint density at radius 2 is 1.89 bits per heavy atom. The van der Waals surface area contributed by atoms with Gasteiger partial charge in [-0.1, -0.05) is 6.58 Å². The molecule has 0 aromatic rings. The van der Waals surface area contributed by atoms with E-state index in [1.807, 2.05) is 0 Å². The zero-order valence-electron chi connectivity index (χ0n) is 5.13. The summed E-state index contributed by atoms with van der Waals surface area (Å²) in [5, 5.41) is 6.89. The zero-order valence-corrected chi connectivity index (χ0v) is 5.13. The van der Waals surface area contributed by atoms with E-state index in [1.165, 1.54) is 0 Å². The van der Waals surface area contributed by atoms with Crippen LogP contribution in [0.5, 0.6) is 0 Å². The van der Waals surface area contributed by atoms with Gasteiger partial charge in [-0.05, 0) is 6.92 Å². The molecule has 0 fully saturated rings. The molecule has 0 atom stereocenters. The molecule has 0 aliphatic heterocycles. The molecule has 3 N–H and O–H groups in total. The molecule has 0 bridgehead atoms. The number of nitrogens with two attached hydrogens (primary N) is 1. The minimum Gasteiger partial charge on any atom is -0.483 e. The third kappa shape index (κ3) is 20.4. The molecule has 0 aromatic carbocycles. The lowest BCUT2D eigenvalue weighted by Gasteiger charge is -1.81. The summed E-state index contributed by atoms with van der Waals surface area (Å²) in [5.74, 6) is -0.435. The van der Waals surface area contributed by atoms with E-state index in [4.69, 9.17) is 15.6 Å². The van der Waals surface area contributed by atoms with Crippen molar-refractivity contribution < 1.29 is 14.7 Å². The molecule has 0 spiro atoms. The second kappa shape index (κ2) is 6.68. The van der Waals surface area contributed by atoms with Gasteiger partial charge in [0.15, 0.2) is 0 Å². The Kier molecular flexibility index (Phi) is 7.88. The van der Waals surface area contributed by atoms with E-state index < -0.39 is 5.91 Å². The summed E-state index contributed by atoms with van der Waals surface area (Å²) >= 11 is 0. The number of rotatable bonds is 1. The molecule has 4 heteroatoms. The largest absolute Gasteiger partial charge is 0.483 e. The molecule has 0 radical (unpaired) electrons. The van der Waals surface area contributed by atoms with Gasteiger partial charge in [-0.15, -0.1) is 0 Å². The first-order valence-corrected chi connectivity index (χ1v) is 2.09. The van der Waals surface area contributed by atoms with Crippen LogP contribution in [0.25, 0.3) is 0 Å². The summed E-state index contributed by atoms with van der Waals surface area (Å²) in [4.78, 5) is 18.2. The molecule has 0 saturated heterocycles. The van der Waals surface area contributed by atoms with Crippen LogP contribution >= 0.6 is 0 Å². The summed E-state index contributed by atoms with van der Waals surface area (Å²) < 4.78 is 0. The Balaban J connectivity index is 0. The molecule has 0 unspecified atom stereocenters. The molecule has 1 amide bonds. The Labute approximate surface area is 53.0 Å². The van der Waals surface area contributed by atoms with Crippen molar-refractivity contribution in [2.24, 2.45) is 5.73 Å². The van der Waals surface area contributed by atoms with E-state index in [2.05, 4.69) is 6.58 Å². The molecule has 9 heavy (non-hydrogen) atoms. The lowest BCUT2D eigenvalue weighted by atomic mass is 10.3. The van der Waals surface area contributed by atoms with Gasteiger partial charge >= 0.3 is 0 Å². The van der Waals surface area contributed by atoms with Crippen molar-refractivity contribution in [2.75, 3.05) is 0 Å². The summed E-state index contributed by atoms with van der Waals surface area (Å²) in [6, 6.07) is 0. The van der Waals surface area contributed by atoms with Crippen LogP contribution in [0.15, 0.2) is 12.2 Å². The van der Waals surface area contributed by atoms with E-state index in [-0.39, 0.29) is 6.47 Å². The van der Waals surface area contributed by atoms with Crippen LogP contribution in [0.4, 0.5) is 0 Å². The second-order valence-corrected chi connectivity index (χ2v) is 1.25. The Morgan fingerprint density at radius 3 is 1.89 bits per heavy atom. The van der Waals surface area contributed by atoms with Crippen molar-refractivity contribution in [2.45, 2.75) is 6.92 Å². The Bertz CT molecular complexity index is 107. The molecule has 0 aliphatic carbocycles. The molecule has 0 saturated carbocycles. The highest BCUT2D eigenvalue weighted by molar-refractivity contribution is 5.90. The monoisotopic (exact) mass is 131 g/mol. The van der Waals surface area contributed by atoms with Gasteiger partial charge in [-0.3, -0.25) is 9.59 Å². The van der Waals surface area contributed by atoms with Crippen LogP contribution < -0.4 is 5.73 Å². The number of carbonyl (C=O) groups is 2. The Morgan fingerprint density at radius 1 is 1.78 bits per heavy atom. The Hall–Kier alpha value is -1.32. The molecular formula is C5H9NO3. The highest BCUT2D eigenvalue weighted by Gasteiger charge is 1.86. The first-order chi connectivity index (χ1) is 4.06. The predicted octanol–water partition coefficient (Wildman–Crippen LogP) is -0.251. The fourth-order valence-electron chi connectivity index (χ4n) is 0. The van der Waals surface area contributed by atoms with Gasteiger partial charge in [0.25, 0.3) is 6.47 Å². The predicted molar refractivity (Wildman–Crippen MR) is 32.7 cm³/mol. The maximum absolute atomic E-state index is 9.82. The standard InChI is InChI=1S/C4H7NO.CH2O2/c1-3(2)4(5)6;2-1-3/h1H2,2H3,(H2,5,6);1H,(H,2,3). The second-order valence-electron chi connectivity index (χ2n) is 1.25. The van der Waals surface area contributed by atoms with Crippen molar-refractivity contribution in [3.05, 3.63) is 12.2 Å². The third-order valence-electron chi connectivity index (χ3n) is 0.421. The van der Waals surface area contributed by atoms with Crippen molar-refractivity contribution >= 4 is 12.4 Å². The molecule has 4 nitrogen and oxygen atoms in total. The van der Waals surface area contributed by atoms with E-state index in [1.54, 1.807) is 6.92 Å². The van der Waals surface area contributed by atoms with Crippen LogP contribution in [0.3, 0.4) is 0 Å². The minimum absolute atomic E-state index is 0.250. The van der Waals surface area contributed by atoms with Crippen molar-refractivity contribution in [3.8, 4) is 0 Å². The number of primary amides is 1. The molecular weight excluding hydrogens is 122 g/mol. The maximum Gasteiger partial charge on any atom is 0.290 e. The quantitative estimate of drug-likeness (QED) is 0.380. The first-order valence-electron chi connectivity index (χ1n) is 2.09. The van der Waals surface area contributed by atoms with E-state index in [9.17, 15) is 4.79 Å². The lowest BCUT2D eigenvalue weighted by Crippen LogP contribution is -2.10. The maximum atomic E-state index is 9.82. The molecule has 52 valence electrons. The normalized spacial score (nSPS) is 6.33. The average Bonchev–Trinajstić information content (AvgIpc) is 1.68. The minimum atomic E-state index is -0.435. The van der Waals surface area contributed by atoms with Gasteiger partial charge in [0.2, 0.25) is 5.91 Å². The van der Waals surface area contributed by atoms with Gasteiger partial charge in [-0.25, -0.2) is 0 Å². The summed E-state index contributed by atoms with van der Waals surface area (Å²) in [6.45, 7) is 4.60. The molecule has 0 heterocycles. The number of carboxylic acid groups (broad SMARTS) is 1. The topological polar surface area (TPSA) is 80.4 Å². The van der Waals surface area contributed by atoms with Crippen molar-refractivity contribution in [3.63, 3.8) is 0 Å². The van der Waals surface area contributed by atoms with Gasteiger partial charge in [0.05, 0.1) is 0 Å². The molecule has 0 rings (SSSR count). The highest BCUT2D eigenvalue weighted by Crippen LogP contribution is 1.78. The van der Waals surface area contributed by atoms with Gasteiger partial charge in [0, 0.05) is 5.57 Å². The molecule has 0 aliphatic rings. The van der Waals surface area contributed by atoms with Crippen LogP contribution in [-0.2, 0) is 9.59 Å². The van der Waals surface area contributed by atoms with Gasteiger partial charge in [-0.2, -0.15) is 0 Å². The smallest absolute Gasteiger partial charge is 0.290 e. The fourth-order valence-corrected chi connectivity index (χ4v) is 0. The lowest BCUT2D eigenvalue weighted by molar-refractivity contribution is -0.123.